The van der Waals surface area contributed by atoms with E-state index >= 15 is 0 Å². The van der Waals surface area contributed by atoms with Gasteiger partial charge in [-0.05, 0) is 6.07 Å². The summed E-state index contributed by atoms with van der Waals surface area (Å²) in [5, 5.41) is 3.53. The van der Waals surface area contributed by atoms with Crippen LogP contribution in [0.25, 0.3) is 0 Å². The molecule has 17 heavy (non-hydrogen) atoms. The molecule has 1 aliphatic rings. The monoisotopic (exact) mass is 276 g/mol. The van der Waals surface area contributed by atoms with Crippen LogP contribution in [0.5, 0.6) is 0 Å². The molecular formula is C9H13ClN4O2S. The molecule has 1 aromatic heterocycles. The third-order valence-corrected chi connectivity index (χ3v) is 4.12. The number of nitrogens with one attached hydrogen (secondary N) is 2. The van der Waals surface area contributed by atoms with Gasteiger partial charge in [0.2, 0.25) is 0 Å². The molecule has 1 fully saturated rings. The van der Waals surface area contributed by atoms with Crippen molar-refractivity contribution in [1.29, 1.82) is 0 Å². The van der Waals surface area contributed by atoms with E-state index in [2.05, 4.69) is 15.0 Å². The van der Waals surface area contributed by atoms with Gasteiger partial charge in [-0.1, -0.05) is 11.6 Å². The third-order valence-electron chi connectivity index (χ3n) is 2.37. The van der Waals surface area contributed by atoms with Gasteiger partial charge >= 0.3 is 10.2 Å². The van der Waals surface area contributed by atoms with Crippen LogP contribution in [-0.2, 0) is 10.2 Å². The van der Waals surface area contributed by atoms with Crippen molar-refractivity contribution >= 4 is 27.6 Å². The second-order valence-electron chi connectivity index (χ2n) is 3.62. The highest BCUT2D eigenvalue weighted by molar-refractivity contribution is 7.90. The van der Waals surface area contributed by atoms with Crippen molar-refractivity contribution in [2.75, 3.05) is 30.9 Å². The lowest BCUT2D eigenvalue weighted by Crippen LogP contribution is -2.48. The number of hydrogen-bond donors (Lipinski definition) is 2. The van der Waals surface area contributed by atoms with Gasteiger partial charge < -0.3 is 5.32 Å². The van der Waals surface area contributed by atoms with Crippen molar-refractivity contribution in [2.45, 2.75) is 0 Å². The molecular weight excluding hydrogens is 264 g/mol. The zero-order chi connectivity index (χ0) is 12.3. The van der Waals surface area contributed by atoms with Gasteiger partial charge in [0.05, 0.1) is 0 Å². The summed E-state index contributed by atoms with van der Waals surface area (Å²) in [6, 6.07) is 3.06. The lowest BCUT2D eigenvalue weighted by molar-refractivity contribution is 0.362. The van der Waals surface area contributed by atoms with Crippen molar-refractivity contribution in [3.05, 3.63) is 23.4 Å². The molecule has 0 aliphatic carbocycles. The van der Waals surface area contributed by atoms with E-state index in [-0.39, 0.29) is 5.82 Å². The predicted octanol–water partition coefficient (Wildman–Crippen LogP) is 0.297. The topological polar surface area (TPSA) is 74.3 Å². The average Bonchev–Trinajstić information content (AvgIpc) is 2.29. The van der Waals surface area contributed by atoms with Crippen LogP contribution in [0.1, 0.15) is 0 Å². The Morgan fingerprint density at radius 2 is 2.12 bits per heavy atom. The number of rotatable bonds is 3. The van der Waals surface area contributed by atoms with Crippen LogP contribution in [0.2, 0.25) is 5.02 Å². The maximum Gasteiger partial charge on any atom is 0.302 e. The molecule has 0 bridgehead atoms. The number of halogens is 1. The lowest BCUT2D eigenvalue weighted by atomic mass is 10.4. The minimum atomic E-state index is -3.53. The van der Waals surface area contributed by atoms with Crippen LogP contribution >= 0.6 is 11.6 Å². The Balaban J connectivity index is 2.11. The number of anilines is 1. The van der Waals surface area contributed by atoms with Crippen LogP contribution in [0.4, 0.5) is 5.82 Å². The van der Waals surface area contributed by atoms with Gasteiger partial charge in [-0.15, -0.1) is 0 Å². The fourth-order valence-corrected chi connectivity index (χ4v) is 2.87. The standard InChI is InChI=1S/C9H13ClN4O2S/c10-8-1-2-12-9(7-8)13-17(15,16)14-5-3-11-4-6-14/h1-2,7,11H,3-6H2,(H,12,13). The van der Waals surface area contributed by atoms with E-state index in [1.54, 1.807) is 6.07 Å². The van der Waals surface area contributed by atoms with Crippen LogP contribution in [0, 0.1) is 0 Å². The molecule has 1 aromatic rings. The minimum Gasteiger partial charge on any atom is -0.314 e. The molecule has 0 aromatic carbocycles. The van der Waals surface area contributed by atoms with E-state index in [0.29, 0.717) is 31.2 Å². The molecule has 0 unspecified atom stereocenters. The lowest BCUT2D eigenvalue weighted by Gasteiger charge is -2.26. The van der Waals surface area contributed by atoms with Crippen molar-refractivity contribution in [1.82, 2.24) is 14.6 Å². The highest BCUT2D eigenvalue weighted by atomic mass is 35.5. The summed E-state index contributed by atoms with van der Waals surface area (Å²) in [6.45, 7) is 2.22. The predicted molar refractivity (Wildman–Crippen MR) is 66.2 cm³/mol. The van der Waals surface area contributed by atoms with Gasteiger partial charge in [-0.3, -0.25) is 4.72 Å². The molecule has 0 amide bonds. The van der Waals surface area contributed by atoms with Crippen LogP contribution < -0.4 is 10.0 Å². The summed E-state index contributed by atoms with van der Waals surface area (Å²) in [7, 11) is -3.53. The quantitative estimate of drug-likeness (QED) is 0.833. The first-order chi connectivity index (χ1) is 8.08. The second kappa shape index (κ2) is 5.18. The zero-order valence-corrected chi connectivity index (χ0v) is 10.6. The summed E-state index contributed by atoms with van der Waals surface area (Å²) in [5.74, 6) is 0.232. The minimum absolute atomic E-state index is 0.232. The fraction of sp³-hybridized carbons (Fsp3) is 0.444. The zero-order valence-electron chi connectivity index (χ0n) is 9.06. The van der Waals surface area contributed by atoms with E-state index in [4.69, 9.17) is 11.6 Å². The van der Waals surface area contributed by atoms with Crippen LogP contribution in [0.15, 0.2) is 18.3 Å². The Labute approximate surface area is 105 Å². The Kier molecular flexibility index (Phi) is 3.82. The van der Waals surface area contributed by atoms with E-state index in [9.17, 15) is 8.42 Å². The van der Waals surface area contributed by atoms with Gasteiger partial charge in [0.1, 0.15) is 5.82 Å². The van der Waals surface area contributed by atoms with Crippen LogP contribution in [-0.4, -0.2) is 43.9 Å². The molecule has 6 nitrogen and oxygen atoms in total. The van der Waals surface area contributed by atoms with E-state index < -0.39 is 10.2 Å². The summed E-state index contributed by atoms with van der Waals surface area (Å²) >= 11 is 5.76. The molecule has 0 saturated carbocycles. The molecule has 8 heteroatoms. The van der Waals surface area contributed by atoms with E-state index in [0.717, 1.165) is 0 Å². The van der Waals surface area contributed by atoms with E-state index in [1.807, 2.05) is 0 Å². The van der Waals surface area contributed by atoms with Gasteiger partial charge in [0.15, 0.2) is 0 Å². The molecule has 2 heterocycles. The summed E-state index contributed by atoms with van der Waals surface area (Å²) in [6.07, 6.45) is 1.46. The largest absolute Gasteiger partial charge is 0.314 e. The SMILES string of the molecule is O=S(=O)(Nc1cc(Cl)ccn1)N1CCNCC1. The van der Waals surface area contributed by atoms with Gasteiger partial charge in [0.25, 0.3) is 0 Å². The number of nitrogens with zero attached hydrogens (tertiary/aromatic N) is 2. The Bertz CT molecular complexity index is 488. The molecule has 0 atom stereocenters. The van der Waals surface area contributed by atoms with Gasteiger partial charge in [-0.25, -0.2) is 4.98 Å². The summed E-state index contributed by atoms with van der Waals surface area (Å²) in [4.78, 5) is 3.90. The number of hydrogen-bond acceptors (Lipinski definition) is 4. The molecule has 2 rings (SSSR count). The highest BCUT2D eigenvalue weighted by Crippen LogP contribution is 2.14. The Morgan fingerprint density at radius 3 is 2.76 bits per heavy atom. The molecule has 0 radical (unpaired) electrons. The number of piperazine rings is 1. The molecule has 94 valence electrons. The number of pyridine rings is 1. The highest BCUT2D eigenvalue weighted by Gasteiger charge is 2.23. The maximum atomic E-state index is 12.0. The molecule has 0 spiro atoms. The summed E-state index contributed by atoms with van der Waals surface area (Å²) < 4.78 is 27.7. The van der Waals surface area contributed by atoms with Gasteiger partial charge in [-0.2, -0.15) is 12.7 Å². The Morgan fingerprint density at radius 1 is 1.41 bits per heavy atom. The van der Waals surface area contributed by atoms with Crippen molar-refractivity contribution in [3.63, 3.8) is 0 Å². The van der Waals surface area contributed by atoms with Crippen molar-refractivity contribution in [2.24, 2.45) is 0 Å². The maximum absolute atomic E-state index is 12.0. The molecule has 1 aliphatic heterocycles. The van der Waals surface area contributed by atoms with Crippen molar-refractivity contribution < 1.29 is 8.42 Å². The van der Waals surface area contributed by atoms with Gasteiger partial charge in [0, 0.05) is 43.5 Å². The molecule has 2 N–H and O–H groups in total. The van der Waals surface area contributed by atoms with Crippen LogP contribution in [0.3, 0.4) is 0 Å². The first kappa shape index (κ1) is 12.6. The van der Waals surface area contributed by atoms with Crippen molar-refractivity contribution in [3.8, 4) is 0 Å². The first-order valence-corrected chi connectivity index (χ1v) is 7.00. The first-order valence-electron chi connectivity index (χ1n) is 5.18. The third kappa shape index (κ3) is 3.29. The normalized spacial score (nSPS) is 17.9. The Hall–Kier alpha value is -0.890. The number of aromatic nitrogens is 1. The fourth-order valence-electron chi connectivity index (χ4n) is 1.54. The molecule has 1 saturated heterocycles. The average molecular weight is 277 g/mol. The smallest absolute Gasteiger partial charge is 0.302 e. The van der Waals surface area contributed by atoms with E-state index in [1.165, 1.54) is 16.6 Å². The second-order valence-corrected chi connectivity index (χ2v) is 5.72. The summed E-state index contributed by atoms with van der Waals surface area (Å²) in [5.41, 5.74) is 0.